The van der Waals surface area contributed by atoms with Crippen molar-refractivity contribution in [2.45, 2.75) is 17.9 Å². The Morgan fingerprint density at radius 1 is 1.00 bits per heavy atom. The highest BCUT2D eigenvalue weighted by molar-refractivity contribution is 7.85. The van der Waals surface area contributed by atoms with Crippen molar-refractivity contribution in [3.63, 3.8) is 0 Å². The summed E-state index contributed by atoms with van der Waals surface area (Å²) in [5.41, 5.74) is 3.34. The van der Waals surface area contributed by atoms with Crippen LogP contribution in [0.4, 0.5) is 0 Å². The van der Waals surface area contributed by atoms with Gasteiger partial charge >= 0.3 is 0 Å². The highest BCUT2D eigenvalue weighted by Crippen LogP contribution is 2.06. The summed E-state index contributed by atoms with van der Waals surface area (Å²) in [5.74, 6) is 0.0140. The minimum atomic E-state index is -1.16. The van der Waals surface area contributed by atoms with E-state index < -0.39 is 10.8 Å². The van der Waals surface area contributed by atoms with Gasteiger partial charge in [0.25, 0.3) is 0 Å². The van der Waals surface area contributed by atoms with Gasteiger partial charge < -0.3 is 0 Å². The van der Waals surface area contributed by atoms with E-state index in [-0.39, 0.29) is 18.1 Å². The first-order chi connectivity index (χ1) is 10.3. The zero-order valence-electron chi connectivity index (χ0n) is 11.5. The summed E-state index contributed by atoms with van der Waals surface area (Å²) < 4.78 is 11.9. The van der Waals surface area contributed by atoms with Gasteiger partial charge in [0.15, 0.2) is 0 Å². The lowest BCUT2D eigenvalue weighted by molar-refractivity contribution is -0.134. The second-order valence-corrected chi connectivity index (χ2v) is 5.98. The third-order valence-corrected chi connectivity index (χ3v) is 4.16. The Morgan fingerprint density at radius 2 is 1.62 bits per heavy atom. The molecule has 4 nitrogen and oxygen atoms in total. The molecule has 0 aliphatic rings. The standard InChI is InChI=1S/C16H17NO3S/c18-16(17-20-13-14-7-3-1-4-8-14)11-12-21(19)15-9-5-2-6-10-15/h1-10H,11-13H2,(H,17,18). The van der Waals surface area contributed by atoms with E-state index in [0.29, 0.717) is 6.61 Å². The second kappa shape index (κ2) is 8.34. The van der Waals surface area contributed by atoms with Crippen molar-refractivity contribution in [3.8, 4) is 0 Å². The van der Waals surface area contributed by atoms with Crippen LogP contribution in [0.1, 0.15) is 12.0 Å². The molecule has 1 N–H and O–H groups in total. The Hall–Kier alpha value is -1.98. The molecule has 2 aromatic rings. The van der Waals surface area contributed by atoms with Gasteiger partial charge in [-0.3, -0.25) is 13.8 Å². The first-order valence-electron chi connectivity index (χ1n) is 6.63. The average molecular weight is 303 g/mol. The van der Waals surface area contributed by atoms with E-state index >= 15 is 0 Å². The number of hydrogen-bond donors (Lipinski definition) is 1. The van der Waals surface area contributed by atoms with Crippen molar-refractivity contribution in [2.75, 3.05) is 5.75 Å². The van der Waals surface area contributed by atoms with Crippen LogP contribution in [0.2, 0.25) is 0 Å². The molecular weight excluding hydrogens is 286 g/mol. The van der Waals surface area contributed by atoms with E-state index in [4.69, 9.17) is 4.84 Å². The summed E-state index contributed by atoms with van der Waals surface area (Å²) in [6, 6.07) is 18.7. The van der Waals surface area contributed by atoms with Gasteiger partial charge in [-0.25, -0.2) is 5.48 Å². The van der Waals surface area contributed by atoms with Crippen molar-refractivity contribution in [2.24, 2.45) is 0 Å². The molecule has 0 radical (unpaired) electrons. The predicted octanol–water partition coefficient (Wildman–Crippen LogP) is 2.43. The van der Waals surface area contributed by atoms with E-state index in [0.717, 1.165) is 10.5 Å². The highest BCUT2D eigenvalue weighted by atomic mass is 32.2. The maximum atomic E-state index is 11.9. The lowest BCUT2D eigenvalue weighted by Gasteiger charge is -2.06. The third kappa shape index (κ3) is 5.49. The molecule has 0 heterocycles. The molecule has 0 aromatic heterocycles. The molecule has 5 heteroatoms. The molecule has 110 valence electrons. The van der Waals surface area contributed by atoms with E-state index in [2.05, 4.69) is 5.48 Å². The van der Waals surface area contributed by atoms with Gasteiger partial charge in [-0.05, 0) is 17.7 Å². The van der Waals surface area contributed by atoms with Crippen LogP contribution in [0, 0.1) is 0 Å². The molecule has 0 bridgehead atoms. The van der Waals surface area contributed by atoms with Crippen LogP contribution in [0.25, 0.3) is 0 Å². The fourth-order valence-electron chi connectivity index (χ4n) is 1.70. The maximum Gasteiger partial charge on any atom is 0.244 e. The van der Waals surface area contributed by atoms with Crippen LogP contribution in [0.3, 0.4) is 0 Å². The highest BCUT2D eigenvalue weighted by Gasteiger charge is 2.07. The van der Waals surface area contributed by atoms with Gasteiger partial charge in [-0.1, -0.05) is 48.5 Å². The van der Waals surface area contributed by atoms with Gasteiger partial charge in [0.2, 0.25) is 5.91 Å². The van der Waals surface area contributed by atoms with Crippen LogP contribution in [-0.4, -0.2) is 15.9 Å². The Morgan fingerprint density at radius 3 is 2.29 bits per heavy atom. The van der Waals surface area contributed by atoms with Crippen molar-refractivity contribution in [3.05, 3.63) is 66.2 Å². The SMILES string of the molecule is O=C(CCS(=O)c1ccccc1)NOCc1ccccc1. The first-order valence-corrected chi connectivity index (χ1v) is 7.95. The van der Waals surface area contributed by atoms with Gasteiger partial charge in [0.1, 0.15) is 0 Å². The molecule has 0 saturated carbocycles. The normalized spacial score (nSPS) is 11.8. The Bertz CT molecular complexity index is 587. The number of hydrogen-bond acceptors (Lipinski definition) is 3. The van der Waals surface area contributed by atoms with Crippen molar-refractivity contribution < 1.29 is 13.8 Å². The molecule has 21 heavy (non-hydrogen) atoms. The summed E-state index contributed by atoms with van der Waals surface area (Å²) in [6.45, 7) is 0.314. The largest absolute Gasteiger partial charge is 0.273 e. The molecule has 1 amide bonds. The van der Waals surface area contributed by atoms with E-state index in [1.54, 1.807) is 12.1 Å². The van der Waals surface area contributed by atoms with Gasteiger partial charge in [0, 0.05) is 17.1 Å². The Kier molecular flexibility index (Phi) is 6.12. The molecule has 2 rings (SSSR count). The Labute approximate surface area is 126 Å². The molecule has 2 aromatic carbocycles. The number of nitrogens with one attached hydrogen (secondary N) is 1. The summed E-state index contributed by atoms with van der Waals surface area (Å²) in [5, 5.41) is 0. The van der Waals surface area contributed by atoms with Crippen LogP contribution >= 0.6 is 0 Å². The van der Waals surface area contributed by atoms with Crippen LogP contribution < -0.4 is 5.48 Å². The van der Waals surface area contributed by atoms with Crippen molar-refractivity contribution in [1.82, 2.24) is 5.48 Å². The van der Waals surface area contributed by atoms with E-state index in [1.165, 1.54) is 0 Å². The van der Waals surface area contributed by atoms with Crippen LogP contribution in [0.5, 0.6) is 0 Å². The average Bonchev–Trinajstić information content (AvgIpc) is 2.54. The monoisotopic (exact) mass is 303 g/mol. The zero-order valence-corrected chi connectivity index (χ0v) is 12.3. The number of hydroxylamine groups is 1. The number of amides is 1. The number of carbonyl (C=O) groups is 1. The minimum Gasteiger partial charge on any atom is -0.273 e. The van der Waals surface area contributed by atoms with Crippen molar-refractivity contribution in [1.29, 1.82) is 0 Å². The van der Waals surface area contributed by atoms with Crippen molar-refractivity contribution >= 4 is 16.7 Å². The zero-order chi connectivity index (χ0) is 14.9. The van der Waals surface area contributed by atoms with E-state index in [9.17, 15) is 9.00 Å². The molecule has 1 atom stereocenters. The van der Waals surface area contributed by atoms with Crippen LogP contribution in [-0.2, 0) is 27.0 Å². The third-order valence-electron chi connectivity index (χ3n) is 2.79. The van der Waals surface area contributed by atoms with E-state index in [1.807, 2.05) is 48.5 Å². The number of benzene rings is 2. The molecule has 0 aliphatic heterocycles. The topological polar surface area (TPSA) is 55.4 Å². The quantitative estimate of drug-likeness (QED) is 0.799. The molecule has 0 saturated heterocycles. The summed E-state index contributed by atoms with van der Waals surface area (Å²) in [6.07, 6.45) is 0.163. The summed E-state index contributed by atoms with van der Waals surface area (Å²) >= 11 is 0. The summed E-state index contributed by atoms with van der Waals surface area (Å²) in [7, 11) is -1.16. The minimum absolute atomic E-state index is 0.163. The predicted molar refractivity (Wildman–Crippen MR) is 81.7 cm³/mol. The Balaban J connectivity index is 1.67. The first kappa shape index (κ1) is 15.4. The lowest BCUT2D eigenvalue weighted by Crippen LogP contribution is -2.24. The second-order valence-electron chi connectivity index (χ2n) is 4.41. The molecule has 0 fully saturated rings. The summed E-state index contributed by atoms with van der Waals surface area (Å²) in [4.78, 5) is 17.5. The van der Waals surface area contributed by atoms with Gasteiger partial charge in [0.05, 0.1) is 17.4 Å². The van der Waals surface area contributed by atoms with Gasteiger partial charge in [-0.15, -0.1) is 0 Å². The number of rotatable bonds is 7. The number of carbonyl (C=O) groups excluding carboxylic acids is 1. The molecule has 0 spiro atoms. The molecule has 0 aliphatic carbocycles. The molecular formula is C16H17NO3S. The fraction of sp³-hybridized carbons (Fsp3) is 0.188. The fourth-order valence-corrected chi connectivity index (χ4v) is 2.77. The smallest absolute Gasteiger partial charge is 0.244 e. The van der Waals surface area contributed by atoms with Gasteiger partial charge in [-0.2, -0.15) is 0 Å². The maximum absolute atomic E-state index is 11.9. The van der Waals surface area contributed by atoms with Crippen LogP contribution in [0.15, 0.2) is 65.6 Å². The molecule has 1 unspecified atom stereocenters. The lowest BCUT2D eigenvalue weighted by atomic mass is 10.2.